The van der Waals surface area contributed by atoms with E-state index < -0.39 is 12.2 Å². The molecule has 0 saturated carbocycles. The number of para-hydroxylation sites is 1. The molecule has 0 aliphatic rings. The molecule has 2 atom stereocenters. The lowest BCUT2D eigenvalue weighted by Gasteiger charge is -2.24. The van der Waals surface area contributed by atoms with Crippen LogP contribution in [0.2, 0.25) is 0 Å². The van der Waals surface area contributed by atoms with E-state index in [1.54, 1.807) is 30.9 Å². The fraction of sp³-hybridized carbons (Fsp3) is 0.533. The Morgan fingerprint density at radius 3 is 2.37 bits per heavy atom. The van der Waals surface area contributed by atoms with Gasteiger partial charge in [-0.15, -0.1) is 0 Å². The molecule has 19 heavy (non-hydrogen) atoms. The van der Waals surface area contributed by atoms with Crippen molar-refractivity contribution in [2.45, 2.75) is 39.9 Å². The van der Waals surface area contributed by atoms with Crippen molar-refractivity contribution in [3.8, 4) is 5.75 Å². The molecule has 1 rings (SSSR count). The third-order valence-corrected chi connectivity index (χ3v) is 3.10. The van der Waals surface area contributed by atoms with Gasteiger partial charge in [0.25, 0.3) is 5.91 Å². The van der Waals surface area contributed by atoms with Crippen molar-refractivity contribution in [1.29, 1.82) is 0 Å². The molecule has 1 N–H and O–H groups in total. The van der Waals surface area contributed by atoms with Gasteiger partial charge in [0.2, 0.25) is 0 Å². The molecule has 0 saturated heterocycles. The summed E-state index contributed by atoms with van der Waals surface area (Å²) in [5, 5.41) is 9.68. The number of aliphatic hydroxyl groups excluding tert-OH is 1. The van der Waals surface area contributed by atoms with Gasteiger partial charge in [-0.05, 0) is 33.8 Å². The molecule has 1 aromatic rings. The van der Waals surface area contributed by atoms with Gasteiger partial charge >= 0.3 is 0 Å². The van der Waals surface area contributed by atoms with Crippen molar-refractivity contribution in [2.24, 2.45) is 0 Å². The van der Waals surface area contributed by atoms with E-state index in [4.69, 9.17) is 4.74 Å². The van der Waals surface area contributed by atoms with Crippen LogP contribution in [0.25, 0.3) is 0 Å². The zero-order chi connectivity index (χ0) is 14.4. The number of likely N-dealkylation sites (N-methyl/N-ethyl adjacent to an activating group) is 1. The maximum atomic E-state index is 12.1. The number of carbonyl (C=O) groups excluding carboxylic acids is 1. The molecule has 0 aromatic heterocycles. The molecule has 0 heterocycles. The minimum absolute atomic E-state index is 0.0367. The molecule has 4 heteroatoms. The van der Waals surface area contributed by atoms with E-state index in [9.17, 15) is 9.90 Å². The van der Waals surface area contributed by atoms with Gasteiger partial charge < -0.3 is 14.7 Å². The summed E-state index contributed by atoms with van der Waals surface area (Å²) in [6.45, 7) is 8.64. The molecule has 1 aromatic carbocycles. The van der Waals surface area contributed by atoms with Crippen molar-refractivity contribution in [1.82, 2.24) is 4.90 Å². The summed E-state index contributed by atoms with van der Waals surface area (Å²) in [7, 11) is 0. The maximum absolute atomic E-state index is 12.1. The van der Waals surface area contributed by atoms with Gasteiger partial charge in [0.15, 0.2) is 6.10 Å². The van der Waals surface area contributed by atoms with Gasteiger partial charge in [-0.2, -0.15) is 0 Å². The normalized spacial score (nSPS) is 13.7. The van der Waals surface area contributed by atoms with Gasteiger partial charge in [0.1, 0.15) is 5.75 Å². The molecule has 1 amide bonds. The quantitative estimate of drug-likeness (QED) is 0.859. The summed E-state index contributed by atoms with van der Waals surface area (Å²) in [5.74, 6) is 0.524. The second-order valence-corrected chi connectivity index (χ2v) is 4.48. The number of hydrogen-bond acceptors (Lipinski definition) is 3. The highest BCUT2D eigenvalue weighted by Gasteiger charge is 2.21. The highest BCUT2D eigenvalue weighted by Crippen LogP contribution is 2.25. The van der Waals surface area contributed by atoms with Crippen LogP contribution in [-0.4, -0.2) is 35.1 Å². The highest BCUT2D eigenvalue weighted by molar-refractivity contribution is 5.80. The first kappa shape index (κ1) is 15.5. The van der Waals surface area contributed by atoms with Crippen molar-refractivity contribution in [3.63, 3.8) is 0 Å². The number of nitrogens with zero attached hydrogens (tertiary/aromatic N) is 1. The standard InChI is InChI=1S/C15H23NO3/c1-5-16(6-2)15(18)12(4)19-14-10-8-7-9-13(14)11(3)17/h7-12,17H,5-6H2,1-4H3. The zero-order valence-electron chi connectivity index (χ0n) is 12.1. The number of carbonyl (C=O) groups is 1. The molecular weight excluding hydrogens is 242 g/mol. The largest absolute Gasteiger partial charge is 0.481 e. The number of aliphatic hydroxyl groups is 1. The van der Waals surface area contributed by atoms with Crippen molar-refractivity contribution in [2.75, 3.05) is 13.1 Å². The molecule has 2 unspecified atom stereocenters. The van der Waals surface area contributed by atoms with Crippen LogP contribution in [0.15, 0.2) is 24.3 Å². The summed E-state index contributed by atoms with van der Waals surface area (Å²) in [4.78, 5) is 13.9. The minimum Gasteiger partial charge on any atom is -0.481 e. The average Bonchev–Trinajstić information content (AvgIpc) is 2.40. The van der Waals surface area contributed by atoms with Crippen LogP contribution in [0.3, 0.4) is 0 Å². The van der Waals surface area contributed by atoms with Crippen LogP contribution in [0.1, 0.15) is 39.4 Å². The molecular formula is C15H23NO3. The van der Waals surface area contributed by atoms with Crippen molar-refractivity contribution < 1.29 is 14.6 Å². The minimum atomic E-state index is -0.619. The second kappa shape index (κ2) is 7.14. The number of hydrogen-bond donors (Lipinski definition) is 1. The summed E-state index contributed by atoms with van der Waals surface area (Å²) >= 11 is 0. The average molecular weight is 265 g/mol. The highest BCUT2D eigenvalue weighted by atomic mass is 16.5. The van der Waals surface area contributed by atoms with Crippen LogP contribution in [0.4, 0.5) is 0 Å². The molecule has 0 bridgehead atoms. The number of rotatable bonds is 6. The molecule has 0 aliphatic heterocycles. The summed E-state index contributed by atoms with van der Waals surface area (Å²) in [6, 6.07) is 7.24. The Kier molecular flexibility index (Phi) is 5.83. The van der Waals surface area contributed by atoms with Gasteiger partial charge in [0, 0.05) is 18.7 Å². The van der Waals surface area contributed by atoms with E-state index in [0.29, 0.717) is 24.4 Å². The topological polar surface area (TPSA) is 49.8 Å². The predicted molar refractivity (Wildman–Crippen MR) is 75.1 cm³/mol. The maximum Gasteiger partial charge on any atom is 0.263 e. The van der Waals surface area contributed by atoms with Crippen molar-refractivity contribution >= 4 is 5.91 Å². The van der Waals surface area contributed by atoms with E-state index in [1.807, 2.05) is 26.0 Å². The third-order valence-electron chi connectivity index (χ3n) is 3.10. The smallest absolute Gasteiger partial charge is 0.263 e. The van der Waals surface area contributed by atoms with E-state index in [1.165, 1.54) is 0 Å². The predicted octanol–water partition coefficient (Wildman–Crippen LogP) is 2.38. The molecule has 0 fully saturated rings. The number of benzene rings is 1. The van der Waals surface area contributed by atoms with E-state index in [2.05, 4.69) is 0 Å². The lowest BCUT2D eigenvalue weighted by Crippen LogP contribution is -2.40. The summed E-state index contributed by atoms with van der Waals surface area (Å²) < 4.78 is 5.70. The second-order valence-electron chi connectivity index (χ2n) is 4.48. The molecule has 0 aliphatic carbocycles. The Hall–Kier alpha value is -1.55. The van der Waals surface area contributed by atoms with E-state index in [0.717, 1.165) is 0 Å². The van der Waals surface area contributed by atoms with E-state index in [-0.39, 0.29) is 5.91 Å². The number of amides is 1. The first-order valence-corrected chi connectivity index (χ1v) is 6.73. The Balaban J connectivity index is 2.82. The summed E-state index contributed by atoms with van der Waals surface area (Å²) in [5.41, 5.74) is 0.696. The van der Waals surface area contributed by atoms with Crippen LogP contribution >= 0.6 is 0 Å². The molecule has 0 radical (unpaired) electrons. The Labute approximate surface area is 115 Å². The third kappa shape index (κ3) is 3.96. The zero-order valence-corrected chi connectivity index (χ0v) is 12.1. The monoisotopic (exact) mass is 265 g/mol. The molecule has 0 spiro atoms. The fourth-order valence-electron chi connectivity index (χ4n) is 1.97. The lowest BCUT2D eigenvalue weighted by atomic mass is 10.1. The van der Waals surface area contributed by atoms with Crippen LogP contribution in [-0.2, 0) is 4.79 Å². The Morgan fingerprint density at radius 2 is 1.84 bits per heavy atom. The number of ether oxygens (including phenoxy) is 1. The first-order valence-electron chi connectivity index (χ1n) is 6.73. The summed E-state index contributed by atoms with van der Waals surface area (Å²) in [6.07, 6.45) is -1.17. The Bertz CT molecular complexity index is 414. The first-order chi connectivity index (χ1) is 9.01. The Morgan fingerprint density at radius 1 is 1.26 bits per heavy atom. The fourth-order valence-corrected chi connectivity index (χ4v) is 1.97. The van der Waals surface area contributed by atoms with Gasteiger partial charge in [-0.1, -0.05) is 18.2 Å². The lowest BCUT2D eigenvalue weighted by molar-refractivity contribution is -0.137. The SMILES string of the molecule is CCN(CC)C(=O)C(C)Oc1ccccc1C(C)O. The van der Waals surface area contributed by atoms with Crippen LogP contribution < -0.4 is 4.74 Å². The van der Waals surface area contributed by atoms with Crippen molar-refractivity contribution in [3.05, 3.63) is 29.8 Å². The van der Waals surface area contributed by atoms with Gasteiger partial charge in [0.05, 0.1) is 6.10 Å². The van der Waals surface area contributed by atoms with Gasteiger partial charge in [-0.3, -0.25) is 4.79 Å². The van der Waals surface area contributed by atoms with Crippen LogP contribution in [0.5, 0.6) is 5.75 Å². The molecule has 106 valence electrons. The van der Waals surface area contributed by atoms with E-state index >= 15 is 0 Å². The molecule has 4 nitrogen and oxygen atoms in total. The van der Waals surface area contributed by atoms with Gasteiger partial charge in [-0.25, -0.2) is 0 Å². The van der Waals surface area contributed by atoms with Crippen LogP contribution in [0, 0.1) is 0 Å².